The first-order chi connectivity index (χ1) is 7.54. The summed E-state index contributed by atoms with van der Waals surface area (Å²) >= 11 is 1.73. The molecule has 0 aliphatic rings. The first-order valence-corrected chi connectivity index (χ1v) is 6.94. The minimum Gasteiger partial charge on any atom is -0.385 e. The van der Waals surface area contributed by atoms with Crippen molar-refractivity contribution < 1.29 is 9.53 Å². The highest BCUT2D eigenvalue weighted by atomic mass is 32.2. The summed E-state index contributed by atoms with van der Waals surface area (Å²) in [6.45, 7) is 2.70. The molecule has 0 heterocycles. The Morgan fingerprint density at radius 3 is 2.69 bits per heavy atom. The number of ether oxygens (including phenoxy) is 1. The molecule has 0 fully saturated rings. The fraction of sp³-hybridized carbons (Fsp3) is 0.909. The average Bonchev–Trinajstić information content (AvgIpc) is 2.27. The van der Waals surface area contributed by atoms with Crippen LogP contribution in [0.4, 0.5) is 0 Å². The maximum absolute atomic E-state index is 11.9. The van der Waals surface area contributed by atoms with Gasteiger partial charge in [0.05, 0.1) is 6.04 Å². The number of likely N-dealkylation sites (N-methyl/N-ethyl adjacent to an activating group) is 1. The van der Waals surface area contributed by atoms with E-state index in [0.717, 1.165) is 12.2 Å². The first kappa shape index (κ1) is 15.7. The lowest BCUT2D eigenvalue weighted by atomic mass is 10.1. The third-order valence-electron chi connectivity index (χ3n) is 2.60. The Morgan fingerprint density at radius 2 is 2.19 bits per heavy atom. The quantitative estimate of drug-likeness (QED) is 0.650. The normalized spacial score (nSPS) is 14.6. The van der Waals surface area contributed by atoms with E-state index in [1.54, 1.807) is 23.8 Å². The van der Waals surface area contributed by atoms with Gasteiger partial charge in [-0.25, -0.2) is 0 Å². The van der Waals surface area contributed by atoms with E-state index in [9.17, 15) is 4.79 Å². The molecule has 2 atom stereocenters. The van der Waals surface area contributed by atoms with Crippen LogP contribution in [-0.2, 0) is 9.53 Å². The molecule has 0 bridgehead atoms. The molecule has 0 spiro atoms. The Bertz CT molecular complexity index is 202. The second-order valence-electron chi connectivity index (χ2n) is 4.00. The molecule has 4 nitrogen and oxygen atoms in total. The molecule has 0 aliphatic heterocycles. The molecule has 0 aromatic heterocycles. The molecule has 0 aromatic rings. The van der Waals surface area contributed by atoms with Crippen LogP contribution in [0.1, 0.15) is 19.8 Å². The maximum Gasteiger partial charge on any atom is 0.239 e. The third kappa shape index (κ3) is 5.72. The van der Waals surface area contributed by atoms with Gasteiger partial charge in [0.15, 0.2) is 0 Å². The van der Waals surface area contributed by atoms with Gasteiger partial charge in [-0.2, -0.15) is 11.8 Å². The van der Waals surface area contributed by atoms with Gasteiger partial charge in [-0.3, -0.25) is 4.79 Å². The van der Waals surface area contributed by atoms with Crippen LogP contribution in [0.5, 0.6) is 0 Å². The van der Waals surface area contributed by atoms with Gasteiger partial charge in [0.25, 0.3) is 0 Å². The van der Waals surface area contributed by atoms with E-state index < -0.39 is 6.04 Å². The van der Waals surface area contributed by atoms with Crippen LogP contribution in [-0.4, -0.2) is 55.7 Å². The van der Waals surface area contributed by atoms with Crippen molar-refractivity contribution in [2.24, 2.45) is 5.73 Å². The van der Waals surface area contributed by atoms with Gasteiger partial charge in [0, 0.05) is 32.6 Å². The van der Waals surface area contributed by atoms with Crippen molar-refractivity contribution in [3.63, 3.8) is 0 Å². The predicted molar refractivity (Wildman–Crippen MR) is 69.7 cm³/mol. The van der Waals surface area contributed by atoms with Gasteiger partial charge in [-0.15, -0.1) is 0 Å². The van der Waals surface area contributed by atoms with E-state index in [4.69, 9.17) is 10.5 Å². The molecule has 0 saturated carbocycles. The molecule has 0 radical (unpaired) electrons. The summed E-state index contributed by atoms with van der Waals surface area (Å²) in [7, 11) is 3.47. The summed E-state index contributed by atoms with van der Waals surface area (Å²) in [5.41, 5.74) is 5.84. The zero-order chi connectivity index (χ0) is 12.6. The Labute approximate surface area is 103 Å². The van der Waals surface area contributed by atoms with Crippen molar-refractivity contribution >= 4 is 17.7 Å². The zero-order valence-electron chi connectivity index (χ0n) is 10.7. The molecule has 0 aliphatic carbocycles. The molecule has 16 heavy (non-hydrogen) atoms. The number of carbonyl (C=O) groups excluding carboxylic acids is 1. The lowest BCUT2D eigenvalue weighted by Gasteiger charge is -2.27. The van der Waals surface area contributed by atoms with Gasteiger partial charge in [-0.1, -0.05) is 0 Å². The van der Waals surface area contributed by atoms with E-state index in [0.29, 0.717) is 13.0 Å². The second kappa shape index (κ2) is 8.84. The summed E-state index contributed by atoms with van der Waals surface area (Å²) in [6.07, 6.45) is 3.55. The van der Waals surface area contributed by atoms with E-state index in [2.05, 4.69) is 0 Å². The number of rotatable bonds is 8. The van der Waals surface area contributed by atoms with Crippen LogP contribution in [0.25, 0.3) is 0 Å². The molecule has 0 rings (SSSR count). The number of hydrogen-bond acceptors (Lipinski definition) is 4. The maximum atomic E-state index is 11.9. The minimum atomic E-state index is -0.399. The van der Waals surface area contributed by atoms with Gasteiger partial charge in [0.2, 0.25) is 5.91 Å². The summed E-state index contributed by atoms with van der Waals surface area (Å²) in [6, 6.07) is -0.166. The summed E-state index contributed by atoms with van der Waals surface area (Å²) < 4.78 is 4.93. The second-order valence-corrected chi connectivity index (χ2v) is 4.91. The van der Waals surface area contributed by atoms with Crippen LogP contribution in [0.3, 0.4) is 0 Å². The first-order valence-electron chi connectivity index (χ1n) is 5.54. The third-order valence-corrected chi connectivity index (χ3v) is 3.41. The highest BCUT2D eigenvalue weighted by molar-refractivity contribution is 7.98. The molecule has 0 saturated heterocycles. The lowest BCUT2D eigenvalue weighted by Crippen LogP contribution is -2.46. The van der Waals surface area contributed by atoms with Crippen LogP contribution in [0, 0.1) is 0 Å². The lowest BCUT2D eigenvalue weighted by molar-refractivity contribution is -0.132. The summed E-state index contributed by atoms with van der Waals surface area (Å²) in [5, 5.41) is 0. The van der Waals surface area contributed by atoms with Crippen molar-refractivity contribution in [1.82, 2.24) is 4.90 Å². The average molecular weight is 248 g/mol. The monoisotopic (exact) mass is 248 g/mol. The molecule has 2 unspecified atom stereocenters. The minimum absolute atomic E-state index is 0.0256. The number of methoxy groups -OCH3 is 1. The molecular formula is C11H24N2O2S. The van der Waals surface area contributed by atoms with E-state index >= 15 is 0 Å². The van der Waals surface area contributed by atoms with E-state index in [-0.39, 0.29) is 11.9 Å². The highest BCUT2D eigenvalue weighted by Gasteiger charge is 2.21. The van der Waals surface area contributed by atoms with E-state index in [1.165, 1.54) is 0 Å². The van der Waals surface area contributed by atoms with Crippen molar-refractivity contribution in [3.8, 4) is 0 Å². The molecule has 1 amide bonds. The summed E-state index contributed by atoms with van der Waals surface area (Å²) in [5.74, 6) is 0.963. The Morgan fingerprint density at radius 1 is 1.56 bits per heavy atom. The number of nitrogens with two attached hydrogens (primary N) is 1. The fourth-order valence-corrected chi connectivity index (χ4v) is 2.11. The van der Waals surface area contributed by atoms with Crippen LogP contribution in [0.2, 0.25) is 0 Å². The van der Waals surface area contributed by atoms with Crippen LogP contribution < -0.4 is 5.73 Å². The Hall–Kier alpha value is -0.260. The Balaban J connectivity index is 4.00. The van der Waals surface area contributed by atoms with Crippen molar-refractivity contribution in [1.29, 1.82) is 0 Å². The van der Waals surface area contributed by atoms with Crippen LogP contribution >= 0.6 is 11.8 Å². The highest BCUT2D eigenvalue weighted by Crippen LogP contribution is 2.07. The number of thioether (sulfide) groups is 1. The van der Waals surface area contributed by atoms with Crippen molar-refractivity contribution in [3.05, 3.63) is 0 Å². The standard InChI is InChI=1S/C11H24N2O2S/c1-9(8-16-4)13(2)11(14)10(12)6-5-7-15-3/h9-10H,5-8,12H2,1-4H3. The summed E-state index contributed by atoms with van der Waals surface area (Å²) in [4.78, 5) is 13.6. The van der Waals surface area contributed by atoms with Gasteiger partial charge < -0.3 is 15.4 Å². The molecule has 2 N–H and O–H groups in total. The zero-order valence-corrected chi connectivity index (χ0v) is 11.5. The number of nitrogens with zero attached hydrogens (tertiary/aromatic N) is 1. The smallest absolute Gasteiger partial charge is 0.239 e. The van der Waals surface area contributed by atoms with Gasteiger partial charge in [0.1, 0.15) is 0 Å². The molecule has 5 heteroatoms. The van der Waals surface area contributed by atoms with E-state index in [1.807, 2.05) is 20.2 Å². The van der Waals surface area contributed by atoms with Gasteiger partial charge >= 0.3 is 0 Å². The number of hydrogen-bond donors (Lipinski definition) is 1. The van der Waals surface area contributed by atoms with Crippen molar-refractivity contribution in [2.75, 3.05) is 32.8 Å². The fourth-order valence-electron chi connectivity index (χ4n) is 1.40. The van der Waals surface area contributed by atoms with Gasteiger partial charge in [-0.05, 0) is 26.0 Å². The number of amides is 1. The SMILES string of the molecule is COCCCC(N)C(=O)N(C)C(C)CSC. The topological polar surface area (TPSA) is 55.6 Å². The largest absolute Gasteiger partial charge is 0.385 e. The Kier molecular flexibility index (Phi) is 8.70. The molecule has 96 valence electrons. The predicted octanol–water partition coefficient (Wildman–Crippen LogP) is 0.950. The molecule has 0 aromatic carbocycles. The van der Waals surface area contributed by atoms with Crippen molar-refractivity contribution in [2.45, 2.75) is 31.8 Å². The molecular weight excluding hydrogens is 224 g/mol. The van der Waals surface area contributed by atoms with Crippen LogP contribution in [0.15, 0.2) is 0 Å². The number of carbonyl (C=O) groups is 1.